The lowest BCUT2D eigenvalue weighted by Crippen LogP contribution is -2.48. The summed E-state index contributed by atoms with van der Waals surface area (Å²) in [7, 11) is 2.93. The van der Waals surface area contributed by atoms with Crippen molar-refractivity contribution in [2.24, 2.45) is 0 Å². The first-order valence-electron chi connectivity index (χ1n) is 6.70. The minimum atomic E-state index is -0.469. The van der Waals surface area contributed by atoms with Crippen molar-refractivity contribution >= 4 is 11.9 Å². The van der Waals surface area contributed by atoms with Gasteiger partial charge in [-0.25, -0.2) is 4.79 Å². The average molecular weight is 277 g/mol. The number of carbonyl (C=O) groups excluding carboxylic acids is 2. The summed E-state index contributed by atoms with van der Waals surface area (Å²) < 4.78 is 9.86. The molecule has 0 radical (unpaired) electrons. The topological polar surface area (TPSA) is 55.8 Å². The molecule has 1 amide bonds. The molecule has 0 aromatic heterocycles. The highest BCUT2D eigenvalue weighted by atomic mass is 16.5. The minimum Gasteiger partial charge on any atom is -0.497 e. The number of nitrogens with zero attached hydrogens (tertiary/aromatic N) is 1. The van der Waals surface area contributed by atoms with Crippen LogP contribution in [-0.2, 0) is 9.53 Å². The summed E-state index contributed by atoms with van der Waals surface area (Å²) in [6.45, 7) is 0.588. The Balaban J connectivity index is 2.18. The summed E-state index contributed by atoms with van der Waals surface area (Å²) in [5.74, 6) is 0.221. The van der Waals surface area contributed by atoms with Crippen LogP contribution in [-0.4, -0.2) is 43.6 Å². The van der Waals surface area contributed by atoms with Gasteiger partial charge in [-0.3, -0.25) is 4.79 Å². The summed E-state index contributed by atoms with van der Waals surface area (Å²) in [6.07, 6.45) is 2.51. The Hall–Kier alpha value is -2.04. The molecular formula is C15H19NO4. The van der Waals surface area contributed by atoms with Crippen LogP contribution in [0.4, 0.5) is 0 Å². The molecule has 0 N–H and O–H groups in total. The van der Waals surface area contributed by atoms with Crippen molar-refractivity contribution in [1.82, 2.24) is 4.90 Å². The van der Waals surface area contributed by atoms with Crippen molar-refractivity contribution in [2.75, 3.05) is 20.8 Å². The molecular weight excluding hydrogens is 258 g/mol. The number of likely N-dealkylation sites (tertiary alicyclic amines) is 1. The van der Waals surface area contributed by atoms with Crippen molar-refractivity contribution in [3.05, 3.63) is 29.8 Å². The van der Waals surface area contributed by atoms with Crippen LogP contribution in [0.1, 0.15) is 29.6 Å². The first-order valence-corrected chi connectivity index (χ1v) is 6.70. The molecule has 0 bridgehead atoms. The fraction of sp³-hybridized carbons (Fsp3) is 0.467. The van der Waals surface area contributed by atoms with E-state index in [9.17, 15) is 9.59 Å². The van der Waals surface area contributed by atoms with Crippen LogP contribution in [0.25, 0.3) is 0 Å². The van der Waals surface area contributed by atoms with Crippen molar-refractivity contribution in [3.8, 4) is 5.75 Å². The van der Waals surface area contributed by atoms with E-state index in [1.807, 2.05) is 0 Å². The van der Waals surface area contributed by atoms with E-state index in [1.165, 1.54) is 7.11 Å². The van der Waals surface area contributed by atoms with Gasteiger partial charge >= 0.3 is 5.97 Å². The molecule has 0 unspecified atom stereocenters. The fourth-order valence-corrected chi connectivity index (χ4v) is 2.46. The van der Waals surface area contributed by atoms with Crippen LogP contribution >= 0.6 is 0 Å². The molecule has 5 nitrogen and oxygen atoms in total. The zero-order chi connectivity index (χ0) is 14.5. The second-order valence-corrected chi connectivity index (χ2v) is 4.76. The molecule has 5 heteroatoms. The van der Waals surface area contributed by atoms with Crippen LogP contribution in [0.2, 0.25) is 0 Å². The zero-order valence-electron chi connectivity index (χ0n) is 11.8. The van der Waals surface area contributed by atoms with E-state index in [0.717, 1.165) is 12.8 Å². The van der Waals surface area contributed by atoms with E-state index in [4.69, 9.17) is 9.47 Å². The maximum Gasteiger partial charge on any atom is 0.328 e. The molecule has 1 fully saturated rings. The predicted molar refractivity (Wildman–Crippen MR) is 73.7 cm³/mol. The highest BCUT2D eigenvalue weighted by Gasteiger charge is 2.33. The van der Waals surface area contributed by atoms with Gasteiger partial charge in [-0.15, -0.1) is 0 Å². The third-order valence-electron chi connectivity index (χ3n) is 3.57. The Kier molecular flexibility index (Phi) is 4.61. The third kappa shape index (κ3) is 2.92. The molecule has 1 atom stereocenters. The molecule has 1 saturated heterocycles. The monoisotopic (exact) mass is 277 g/mol. The highest BCUT2D eigenvalue weighted by molar-refractivity contribution is 5.97. The van der Waals surface area contributed by atoms with Crippen molar-refractivity contribution in [1.29, 1.82) is 0 Å². The summed E-state index contributed by atoms with van der Waals surface area (Å²) >= 11 is 0. The quantitative estimate of drug-likeness (QED) is 0.791. The molecule has 0 saturated carbocycles. The normalized spacial score (nSPS) is 18.5. The average Bonchev–Trinajstić information content (AvgIpc) is 2.53. The third-order valence-corrected chi connectivity index (χ3v) is 3.57. The Labute approximate surface area is 118 Å². The summed E-state index contributed by atoms with van der Waals surface area (Å²) in [5.41, 5.74) is 0.557. The van der Waals surface area contributed by atoms with E-state index in [2.05, 4.69) is 0 Å². The van der Waals surface area contributed by atoms with Crippen LogP contribution in [0, 0.1) is 0 Å². The van der Waals surface area contributed by atoms with Crippen LogP contribution < -0.4 is 4.74 Å². The van der Waals surface area contributed by atoms with Crippen molar-refractivity contribution in [2.45, 2.75) is 25.3 Å². The van der Waals surface area contributed by atoms with Gasteiger partial charge in [0.1, 0.15) is 11.8 Å². The molecule has 1 aliphatic heterocycles. The molecule has 0 spiro atoms. The molecule has 2 rings (SSSR count). The van der Waals surface area contributed by atoms with E-state index in [1.54, 1.807) is 36.3 Å². The van der Waals surface area contributed by atoms with Gasteiger partial charge in [-0.1, -0.05) is 0 Å². The van der Waals surface area contributed by atoms with Crippen molar-refractivity contribution in [3.63, 3.8) is 0 Å². The standard InChI is InChI=1S/C15H19NO4/c1-19-12-8-6-11(7-9-12)14(17)16-10-4-3-5-13(16)15(18)20-2/h6-9,13H,3-5,10H2,1-2H3/t13-/m1/s1. The number of benzene rings is 1. The second-order valence-electron chi connectivity index (χ2n) is 4.76. The minimum absolute atomic E-state index is 0.136. The number of esters is 1. The van der Waals surface area contributed by atoms with Crippen LogP contribution in [0.3, 0.4) is 0 Å². The Bertz CT molecular complexity index is 483. The number of hydrogen-bond acceptors (Lipinski definition) is 4. The molecule has 1 heterocycles. The first kappa shape index (κ1) is 14.4. The van der Waals surface area contributed by atoms with Gasteiger partial charge in [0.2, 0.25) is 0 Å². The summed E-state index contributed by atoms with van der Waals surface area (Å²) in [5, 5.41) is 0. The number of carbonyl (C=O) groups is 2. The van der Waals surface area contributed by atoms with Crippen LogP contribution in [0.5, 0.6) is 5.75 Å². The fourth-order valence-electron chi connectivity index (χ4n) is 2.46. The maximum absolute atomic E-state index is 12.5. The Morgan fingerprint density at radius 2 is 1.85 bits per heavy atom. The van der Waals surface area contributed by atoms with E-state index in [-0.39, 0.29) is 11.9 Å². The molecule has 108 valence electrons. The van der Waals surface area contributed by atoms with E-state index in [0.29, 0.717) is 24.3 Å². The van der Waals surface area contributed by atoms with Crippen LogP contribution in [0.15, 0.2) is 24.3 Å². The number of rotatable bonds is 3. The lowest BCUT2D eigenvalue weighted by molar-refractivity contribution is -0.147. The molecule has 0 aliphatic carbocycles. The second kappa shape index (κ2) is 6.41. The van der Waals surface area contributed by atoms with Gasteiger partial charge in [0.05, 0.1) is 14.2 Å². The number of amides is 1. The largest absolute Gasteiger partial charge is 0.497 e. The predicted octanol–water partition coefficient (Wildman–Crippen LogP) is 1.86. The molecule has 1 aromatic rings. The van der Waals surface area contributed by atoms with Gasteiger partial charge in [-0.2, -0.15) is 0 Å². The van der Waals surface area contributed by atoms with Gasteiger partial charge in [0, 0.05) is 12.1 Å². The molecule has 1 aliphatic rings. The number of hydrogen-bond donors (Lipinski definition) is 0. The number of piperidine rings is 1. The SMILES string of the molecule is COC(=O)[C@H]1CCCCN1C(=O)c1ccc(OC)cc1. The van der Waals surface area contributed by atoms with Gasteiger partial charge in [-0.05, 0) is 43.5 Å². The molecule has 1 aromatic carbocycles. The van der Waals surface area contributed by atoms with Gasteiger partial charge in [0.25, 0.3) is 5.91 Å². The lowest BCUT2D eigenvalue weighted by Gasteiger charge is -2.33. The lowest BCUT2D eigenvalue weighted by atomic mass is 10.0. The Morgan fingerprint density at radius 3 is 2.45 bits per heavy atom. The first-order chi connectivity index (χ1) is 9.67. The van der Waals surface area contributed by atoms with Gasteiger partial charge < -0.3 is 14.4 Å². The maximum atomic E-state index is 12.5. The molecule has 20 heavy (non-hydrogen) atoms. The van der Waals surface area contributed by atoms with Gasteiger partial charge in [0.15, 0.2) is 0 Å². The Morgan fingerprint density at radius 1 is 1.15 bits per heavy atom. The van der Waals surface area contributed by atoms with Crippen molar-refractivity contribution < 1.29 is 19.1 Å². The number of ether oxygens (including phenoxy) is 2. The summed E-state index contributed by atoms with van der Waals surface area (Å²) in [4.78, 5) is 25.9. The smallest absolute Gasteiger partial charge is 0.328 e. The summed E-state index contributed by atoms with van der Waals surface area (Å²) in [6, 6.07) is 6.44. The highest BCUT2D eigenvalue weighted by Crippen LogP contribution is 2.21. The van der Waals surface area contributed by atoms with E-state index >= 15 is 0 Å². The zero-order valence-corrected chi connectivity index (χ0v) is 11.8. The van der Waals surface area contributed by atoms with E-state index < -0.39 is 6.04 Å². The number of methoxy groups -OCH3 is 2.